The fourth-order valence-electron chi connectivity index (χ4n) is 1.87. The third-order valence-electron chi connectivity index (χ3n) is 2.85. The molecule has 2 heterocycles. The molecule has 8 nitrogen and oxygen atoms in total. The number of hydrogen-bond acceptors (Lipinski definition) is 7. The second kappa shape index (κ2) is 5.66. The van der Waals surface area contributed by atoms with Crippen LogP contribution in [0.1, 0.15) is 26.7 Å². The Morgan fingerprint density at radius 1 is 1.35 bits per heavy atom. The lowest BCUT2D eigenvalue weighted by atomic mass is 10.2. The summed E-state index contributed by atoms with van der Waals surface area (Å²) >= 11 is 0. The average molecular weight is 283 g/mol. The highest BCUT2D eigenvalue weighted by Crippen LogP contribution is 2.15. The summed E-state index contributed by atoms with van der Waals surface area (Å²) in [6.45, 7) is 8.22. The first kappa shape index (κ1) is 14.6. The Kier molecular flexibility index (Phi) is 4.12. The summed E-state index contributed by atoms with van der Waals surface area (Å²) in [4.78, 5) is 19.7. The Labute approximate surface area is 117 Å². The second-order valence-electron chi connectivity index (χ2n) is 5.65. The minimum absolute atomic E-state index is 0.227. The molecule has 0 aromatic carbocycles. The van der Waals surface area contributed by atoms with E-state index in [1.54, 1.807) is 4.90 Å². The third kappa shape index (κ3) is 3.60. The zero-order valence-electron chi connectivity index (χ0n) is 12.1. The van der Waals surface area contributed by atoms with Crippen LogP contribution in [0, 0.1) is 0 Å². The zero-order chi connectivity index (χ0) is 14.8. The van der Waals surface area contributed by atoms with Gasteiger partial charge in [0.05, 0.1) is 6.54 Å². The summed E-state index contributed by atoms with van der Waals surface area (Å²) in [7, 11) is 0. The maximum Gasteiger partial charge on any atom is 0.410 e. The Hall–Kier alpha value is -1.83. The molecule has 8 heteroatoms. The monoisotopic (exact) mass is 283 g/mol. The first-order valence-corrected chi connectivity index (χ1v) is 6.64. The molecule has 0 radical (unpaired) electrons. The maximum absolute atomic E-state index is 11.9. The lowest BCUT2D eigenvalue weighted by Gasteiger charge is -2.34. The summed E-state index contributed by atoms with van der Waals surface area (Å²) in [6, 6.07) is 0. The molecule has 0 unspecified atom stereocenters. The van der Waals surface area contributed by atoms with Gasteiger partial charge in [0.15, 0.2) is 0 Å². The number of ether oxygens (including phenoxy) is 1. The summed E-state index contributed by atoms with van der Waals surface area (Å²) in [5.41, 5.74) is 4.95. The lowest BCUT2D eigenvalue weighted by molar-refractivity contribution is 0.0240. The topological polar surface area (TPSA) is 97.7 Å². The van der Waals surface area contributed by atoms with Crippen LogP contribution in [-0.2, 0) is 11.3 Å². The number of aromatic nitrogens is 2. The Bertz CT molecular complexity index is 460. The quantitative estimate of drug-likeness (QED) is 0.848. The molecule has 0 atom stereocenters. The van der Waals surface area contributed by atoms with Crippen LogP contribution in [0.5, 0.6) is 0 Å². The molecule has 0 aliphatic carbocycles. The van der Waals surface area contributed by atoms with Crippen LogP contribution in [-0.4, -0.2) is 52.9 Å². The van der Waals surface area contributed by atoms with Gasteiger partial charge in [-0.05, 0) is 25.9 Å². The Morgan fingerprint density at radius 2 is 2.00 bits per heavy atom. The van der Waals surface area contributed by atoms with Gasteiger partial charge in [-0.15, -0.1) is 0 Å². The first-order chi connectivity index (χ1) is 9.39. The number of carbonyl (C=O) groups is 1. The third-order valence-corrected chi connectivity index (χ3v) is 2.85. The van der Waals surface area contributed by atoms with Crippen LogP contribution in [0.4, 0.5) is 10.7 Å². The number of hydrogen-bond donors (Lipinski definition) is 1. The molecular weight excluding hydrogens is 262 g/mol. The van der Waals surface area contributed by atoms with Gasteiger partial charge in [0.25, 0.3) is 5.95 Å². The van der Waals surface area contributed by atoms with Crippen molar-refractivity contribution in [2.45, 2.75) is 32.9 Å². The van der Waals surface area contributed by atoms with Crippen molar-refractivity contribution >= 4 is 12.0 Å². The van der Waals surface area contributed by atoms with E-state index in [0.717, 1.165) is 0 Å². The highest BCUT2D eigenvalue weighted by molar-refractivity contribution is 5.68. The molecule has 20 heavy (non-hydrogen) atoms. The van der Waals surface area contributed by atoms with Gasteiger partial charge in [-0.3, -0.25) is 0 Å². The molecule has 0 spiro atoms. The van der Waals surface area contributed by atoms with E-state index in [-0.39, 0.29) is 12.6 Å². The van der Waals surface area contributed by atoms with Crippen molar-refractivity contribution in [3.8, 4) is 0 Å². The summed E-state index contributed by atoms with van der Waals surface area (Å²) in [5, 5.41) is 3.87. The van der Waals surface area contributed by atoms with E-state index in [1.807, 2.05) is 25.7 Å². The van der Waals surface area contributed by atoms with E-state index in [0.29, 0.717) is 38.0 Å². The number of piperazine rings is 1. The Balaban J connectivity index is 1.87. The Morgan fingerprint density at radius 3 is 2.50 bits per heavy atom. The van der Waals surface area contributed by atoms with E-state index < -0.39 is 5.60 Å². The highest BCUT2D eigenvalue weighted by atomic mass is 16.6. The van der Waals surface area contributed by atoms with Crippen LogP contribution >= 0.6 is 0 Å². The standard InChI is InChI=1S/C12H21N5O3/c1-12(2,3)19-11(18)17-6-4-16(5-7-17)10-14-9(8-13)20-15-10/h4-8,13H2,1-3H3. The number of amides is 1. The van der Waals surface area contributed by atoms with E-state index in [2.05, 4.69) is 10.1 Å². The molecule has 1 aliphatic rings. The van der Waals surface area contributed by atoms with Crippen LogP contribution < -0.4 is 10.6 Å². The molecule has 2 rings (SSSR count). The molecule has 1 amide bonds. The van der Waals surface area contributed by atoms with Gasteiger partial charge in [-0.1, -0.05) is 0 Å². The van der Waals surface area contributed by atoms with Crippen LogP contribution in [0.15, 0.2) is 4.52 Å². The van der Waals surface area contributed by atoms with Gasteiger partial charge in [0.2, 0.25) is 5.89 Å². The summed E-state index contributed by atoms with van der Waals surface area (Å²) < 4.78 is 10.3. The fraction of sp³-hybridized carbons (Fsp3) is 0.750. The molecule has 1 fully saturated rings. The molecule has 0 saturated carbocycles. The van der Waals surface area contributed by atoms with E-state index in [4.69, 9.17) is 15.0 Å². The fourth-order valence-corrected chi connectivity index (χ4v) is 1.87. The number of nitrogens with zero attached hydrogens (tertiary/aromatic N) is 4. The smallest absolute Gasteiger partial charge is 0.410 e. The largest absolute Gasteiger partial charge is 0.444 e. The summed E-state index contributed by atoms with van der Waals surface area (Å²) in [6.07, 6.45) is -0.284. The predicted molar refractivity (Wildman–Crippen MR) is 72.2 cm³/mol. The average Bonchev–Trinajstić information content (AvgIpc) is 2.85. The minimum Gasteiger partial charge on any atom is -0.444 e. The number of carbonyl (C=O) groups excluding carboxylic acids is 1. The van der Waals surface area contributed by atoms with Crippen LogP contribution in [0.2, 0.25) is 0 Å². The van der Waals surface area contributed by atoms with Gasteiger partial charge in [0.1, 0.15) is 5.60 Å². The molecular formula is C12H21N5O3. The van der Waals surface area contributed by atoms with E-state index >= 15 is 0 Å². The van der Waals surface area contributed by atoms with Crippen molar-refractivity contribution in [1.82, 2.24) is 15.0 Å². The number of nitrogens with two attached hydrogens (primary N) is 1. The lowest BCUT2D eigenvalue weighted by Crippen LogP contribution is -2.50. The SMILES string of the molecule is CC(C)(C)OC(=O)N1CCN(c2noc(CN)n2)CC1. The van der Waals surface area contributed by atoms with E-state index in [9.17, 15) is 4.79 Å². The van der Waals surface area contributed by atoms with Crippen molar-refractivity contribution in [3.63, 3.8) is 0 Å². The van der Waals surface area contributed by atoms with Crippen molar-refractivity contribution in [2.75, 3.05) is 31.1 Å². The first-order valence-electron chi connectivity index (χ1n) is 6.64. The van der Waals surface area contributed by atoms with Gasteiger partial charge in [0, 0.05) is 26.2 Å². The maximum atomic E-state index is 11.9. The van der Waals surface area contributed by atoms with Gasteiger partial charge >= 0.3 is 6.09 Å². The van der Waals surface area contributed by atoms with Crippen LogP contribution in [0.25, 0.3) is 0 Å². The molecule has 1 aliphatic heterocycles. The van der Waals surface area contributed by atoms with Crippen molar-refractivity contribution in [1.29, 1.82) is 0 Å². The zero-order valence-corrected chi connectivity index (χ0v) is 12.1. The molecule has 2 N–H and O–H groups in total. The number of anilines is 1. The van der Waals surface area contributed by atoms with Crippen molar-refractivity contribution in [3.05, 3.63) is 5.89 Å². The summed E-state index contributed by atoms with van der Waals surface area (Å²) in [5.74, 6) is 0.934. The van der Waals surface area contributed by atoms with Gasteiger partial charge in [-0.25, -0.2) is 4.79 Å². The minimum atomic E-state index is -0.474. The van der Waals surface area contributed by atoms with Crippen molar-refractivity contribution < 1.29 is 14.1 Å². The highest BCUT2D eigenvalue weighted by Gasteiger charge is 2.27. The van der Waals surface area contributed by atoms with E-state index in [1.165, 1.54) is 0 Å². The van der Waals surface area contributed by atoms with Crippen molar-refractivity contribution in [2.24, 2.45) is 5.73 Å². The van der Waals surface area contributed by atoms with Gasteiger partial charge < -0.3 is 24.8 Å². The molecule has 1 aromatic heterocycles. The van der Waals surface area contributed by atoms with Gasteiger partial charge in [-0.2, -0.15) is 4.98 Å². The molecule has 1 aromatic rings. The predicted octanol–water partition coefficient (Wildman–Crippen LogP) is 0.585. The molecule has 0 bridgehead atoms. The van der Waals surface area contributed by atoms with Crippen LogP contribution in [0.3, 0.4) is 0 Å². The molecule has 1 saturated heterocycles. The molecule has 112 valence electrons. The second-order valence-corrected chi connectivity index (χ2v) is 5.65. The number of rotatable bonds is 2. The normalized spacial score (nSPS) is 16.4.